The highest BCUT2D eigenvalue weighted by molar-refractivity contribution is 7.81. The Kier molecular flexibility index (Phi) is 14.5. The standard InChI is InChI=1S/C31H47N3O5S/c1-21(2)31(36)38-20-26-9-14-29(33-18-26)39-24(6)17-32-23(5)19-34(22(3)4)15-8-16-37-28-12-10-27(11-13-28)30(35)25(7)40/h9-14,18,21-25,32,40H,8,15-17,19-20H2,1-7H3/t23?,24-,25?/m0/s1. The highest BCUT2D eigenvalue weighted by Crippen LogP contribution is 2.16. The van der Waals surface area contributed by atoms with Gasteiger partial charge in [0.2, 0.25) is 5.88 Å². The van der Waals surface area contributed by atoms with Crippen LogP contribution in [0, 0.1) is 5.92 Å². The van der Waals surface area contributed by atoms with E-state index in [0.717, 1.165) is 30.8 Å². The van der Waals surface area contributed by atoms with Gasteiger partial charge in [-0.1, -0.05) is 13.8 Å². The van der Waals surface area contributed by atoms with E-state index in [1.54, 1.807) is 31.3 Å². The molecule has 0 amide bonds. The summed E-state index contributed by atoms with van der Waals surface area (Å²) in [6.45, 7) is 17.3. The van der Waals surface area contributed by atoms with Crippen LogP contribution >= 0.6 is 12.6 Å². The van der Waals surface area contributed by atoms with Crippen LogP contribution in [0.25, 0.3) is 0 Å². The summed E-state index contributed by atoms with van der Waals surface area (Å²) in [5, 5.41) is 3.25. The van der Waals surface area contributed by atoms with Crippen LogP contribution in [0.1, 0.15) is 70.8 Å². The Bertz CT molecular complexity index is 1030. The molecule has 2 rings (SSSR count). The van der Waals surface area contributed by atoms with Crippen molar-refractivity contribution in [2.24, 2.45) is 5.92 Å². The maximum atomic E-state index is 12.0. The number of rotatable bonds is 18. The third kappa shape index (κ3) is 12.3. The molecule has 0 aliphatic rings. The van der Waals surface area contributed by atoms with E-state index in [1.807, 2.05) is 39.0 Å². The molecule has 1 aromatic heterocycles. The molecule has 2 unspecified atom stereocenters. The number of nitrogens with one attached hydrogen (secondary N) is 1. The smallest absolute Gasteiger partial charge is 0.308 e. The van der Waals surface area contributed by atoms with Crippen LogP contribution in [0.2, 0.25) is 0 Å². The number of carbonyl (C=O) groups excluding carboxylic acids is 2. The van der Waals surface area contributed by atoms with Crippen molar-refractivity contribution in [2.75, 3.05) is 26.2 Å². The maximum absolute atomic E-state index is 12.0. The first kappa shape index (κ1) is 33.6. The summed E-state index contributed by atoms with van der Waals surface area (Å²) in [5.74, 6) is 0.950. The lowest BCUT2D eigenvalue weighted by atomic mass is 10.1. The van der Waals surface area contributed by atoms with Gasteiger partial charge in [0.15, 0.2) is 5.78 Å². The fourth-order valence-electron chi connectivity index (χ4n) is 3.89. The molecule has 0 radical (unpaired) electrons. The molecule has 40 heavy (non-hydrogen) atoms. The van der Waals surface area contributed by atoms with E-state index in [0.29, 0.717) is 30.6 Å². The fourth-order valence-corrected chi connectivity index (χ4v) is 4.04. The largest absolute Gasteiger partial charge is 0.494 e. The van der Waals surface area contributed by atoms with Gasteiger partial charge < -0.3 is 19.5 Å². The Morgan fingerprint density at radius 3 is 2.27 bits per heavy atom. The van der Waals surface area contributed by atoms with Gasteiger partial charge in [0.05, 0.1) is 17.8 Å². The van der Waals surface area contributed by atoms with E-state index >= 15 is 0 Å². The molecule has 1 aromatic carbocycles. The minimum absolute atomic E-state index is 0.0135. The third-order valence-corrected chi connectivity index (χ3v) is 6.58. The van der Waals surface area contributed by atoms with Crippen molar-refractivity contribution >= 4 is 24.4 Å². The first-order valence-electron chi connectivity index (χ1n) is 14.2. The van der Waals surface area contributed by atoms with E-state index in [2.05, 4.69) is 48.6 Å². The Labute approximate surface area is 245 Å². The molecule has 0 aliphatic carbocycles. The van der Waals surface area contributed by atoms with Gasteiger partial charge in [-0.25, -0.2) is 4.98 Å². The van der Waals surface area contributed by atoms with Crippen LogP contribution < -0.4 is 14.8 Å². The summed E-state index contributed by atoms with van der Waals surface area (Å²) < 4.78 is 17.1. The second kappa shape index (κ2) is 17.3. The summed E-state index contributed by atoms with van der Waals surface area (Å²) in [4.78, 5) is 30.4. The Morgan fingerprint density at radius 1 is 1.00 bits per heavy atom. The fraction of sp³-hybridized carbons (Fsp3) is 0.581. The molecule has 0 saturated carbocycles. The van der Waals surface area contributed by atoms with E-state index < -0.39 is 0 Å². The number of aromatic nitrogens is 1. The van der Waals surface area contributed by atoms with E-state index in [1.165, 1.54) is 0 Å². The molecule has 3 atom stereocenters. The predicted molar refractivity (Wildman–Crippen MR) is 162 cm³/mol. The lowest BCUT2D eigenvalue weighted by Gasteiger charge is -2.30. The normalized spacial score (nSPS) is 13.8. The van der Waals surface area contributed by atoms with Crippen molar-refractivity contribution in [1.29, 1.82) is 0 Å². The average molecular weight is 574 g/mol. The van der Waals surface area contributed by atoms with Gasteiger partial charge in [0.25, 0.3) is 0 Å². The van der Waals surface area contributed by atoms with Gasteiger partial charge >= 0.3 is 5.97 Å². The third-order valence-electron chi connectivity index (χ3n) is 6.34. The number of ketones is 1. The summed E-state index contributed by atoms with van der Waals surface area (Å²) >= 11 is 4.21. The van der Waals surface area contributed by atoms with Gasteiger partial charge in [-0.3, -0.25) is 14.5 Å². The van der Waals surface area contributed by atoms with Crippen LogP contribution in [0.4, 0.5) is 0 Å². The molecule has 1 heterocycles. The van der Waals surface area contributed by atoms with Crippen LogP contribution in [-0.2, 0) is 16.1 Å². The molecule has 1 N–H and O–H groups in total. The van der Waals surface area contributed by atoms with Crippen molar-refractivity contribution in [3.05, 3.63) is 53.7 Å². The second-order valence-corrected chi connectivity index (χ2v) is 11.6. The highest BCUT2D eigenvalue weighted by atomic mass is 32.1. The molecule has 2 aromatic rings. The minimum Gasteiger partial charge on any atom is -0.494 e. The van der Waals surface area contributed by atoms with Crippen LogP contribution in [0.15, 0.2) is 42.6 Å². The number of benzene rings is 1. The van der Waals surface area contributed by atoms with Crippen molar-refractivity contribution in [2.45, 2.75) is 84.9 Å². The zero-order valence-electron chi connectivity index (χ0n) is 25.1. The van der Waals surface area contributed by atoms with Gasteiger partial charge in [-0.05, 0) is 71.4 Å². The quantitative estimate of drug-likeness (QED) is 0.109. The summed E-state index contributed by atoms with van der Waals surface area (Å²) in [6, 6.07) is 11.6. The lowest BCUT2D eigenvalue weighted by Crippen LogP contribution is -2.45. The minimum atomic E-state index is -0.314. The maximum Gasteiger partial charge on any atom is 0.308 e. The predicted octanol–water partition coefficient (Wildman–Crippen LogP) is 5.21. The van der Waals surface area contributed by atoms with Crippen molar-refractivity contribution in [3.8, 4) is 11.6 Å². The number of pyridine rings is 1. The molecule has 0 fully saturated rings. The van der Waals surface area contributed by atoms with Crippen molar-refractivity contribution < 1.29 is 23.8 Å². The van der Waals surface area contributed by atoms with E-state index in [4.69, 9.17) is 14.2 Å². The van der Waals surface area contributed by atoms with Gasteiger partial charge in [0, 0.05) is 55.1 Å². The molecule has 0 bridgehead atoms. The molecule has 9 heteroatoms. The van der Waals surface area contributed by atoms with E-state index in [9.17, 15) is 9.59 Å². The van der Waals surface area contributed by atoms with Gasteiger partial charge in [-0.15, -0.1) is 0 Å². The first-order chi connectivity index (χ1) is 19.0. The van der Waals surface area contributed by atoms with Crippen LogP contribution in [0.3, 0.4) is 0 Å². The van der Waals surface area contributed by atoms with Crippen molar-refractivity contribution in [3.63, 3.8) is 0 Å². The monoisotopic (exact) mass is 573 g/mol. The zero-order valence-corrected chi connectivity index (χ0v) is 25.9. The molecular formula is C31H47N3O5S. The first-order valence-corrected chi connectivity index (χ1v) is 14.7. The molecule has 222 valence electrons. The average Bonchev–Trinajstić information content (AvgIpc) is 2.92. The summed E-state index contributed by atoms with van der Waals surface area (Å²) in [7, 11) is 0. The molecule has 0 aliphatic heterocycles. The Morgan fingerprint density at radius 2 is 1.70 bits per heavy atom. The number of hydrogen-bond acceptors (Lipinski definition) is 9. The molecule has 8 nitrogen and oxygen atoms in total. The molecule has 0 saturated heterocycles. The summed E-state index contributed by atoms with van der Waals surface area (Å²) in [6.07, 6.45) is 2.52. The number of ether oxygens (including phenoxy) is 3. The zero-order chi connectivity index (χ0) is 29.7. The number of nitrogens with zero attached hydrogens (tertiary/aromatic N) is 2. The lowest BCUT2D eigenvalue weighted by molar-refractivity contribution is -0.148. The van der Waals surface area contributed by atoms with Crippen LogP contribution in [0.5, 0.6) is 11.6 Å². The van der Waals surface area contributed by atoms with E-state index in [-0.39, 0.29) is 41.7 Å². The summed E-state index contributed by atoms with van der Waals surface area (Å²) in [5.41, 5.74) is 1.48. The number of esters is 1. The van der Waals surface area contributed by atoms with Crippen LogP contribution in [-0.4, -0.2) is 71.3 Å². The Hall–Kier alpha value is -2.62. The topological polar surface area (TPSA) is 90.0 Å². The number of Topliss-reactive ketones (excluding diaryl/α,β-unsaturated/α-hetero) is 1. The van der Waals surface area contributed by atoms with Gasteiger partial charge in [-0.2, -0.15) is 12.6 Å². The van der Waals surface area contributed by atoms with Gasteiger partial charge in [0.1, 0.15) is 18.5 Å². The highest BCUT2D eigenvalue weighted by Gasteiger charge is 2.15. The SMILES string of the molecule is CC(CN(CCCOc1ccc(C(=O)C(C)S)cc1)C(C)C)NC[C@H](C)Oc1ccc(COC(=O)C(C)C)cn1. The number of carbonyl (C=O) groups is 2. The Balaban J connectivity index is 1.69. The molecule has 0 spiro atoms. The number of hydrogen-bond donors (Lipinski definition) is 2. The second-order valence-electron chi connectivity index (χ2n) is 10.9. The van der Waals surface area contributed by atoms with Crippen molar-refractivity contribution in [1.82, 2.24) is 15.2 Å². The number of thiol groups is 1. The molecular weight excluding hydrogens is 526 g/mol.